The Hall–Kier alpha value is -3.77. The number of hydroxylamine groups is 2. The van der Waals surface area contributed by atoms with Crippen molar-refractivity contribution in [1.29, 1.82) is 0 Å². The Bertz CT molecular complexity index is 1300. The van der Waals surface area contributed by atoms with Gasteiger partial charge in [-0.15, -0.1) is 5.06 Å². The first-order valence-electron chi connectivity index (χ1n) is 12.7. The van der Waals surface area contributed by atoms with Gasteiger partial charge in [0.25, 0.3) is 5.91 Å². The lowest BCUT2D eigenvalue weighted by Crippen LogP contribution is -2.42. The normalized spacial score (nSPS) is 16.7. The van der Waals surface area contributed by atoms with Gasteiger partial charge < -0.3 is 15.1 Å². The van der Waals surface area contributed by atoms with Crippen molar-refractivity contribution in [1.82, 2.24) is 9.96 Å². The van der Waals surface area contributed by atoms with Crippen molar-refractivity contribution in [2.75, 3.05) is 18.4 Å². The van der Waals surface area contributed by atoms with Crippen molar-refractivity contribution in [3.63, 3.8) is 0 Å². The van der Waals surface area contributed by atoms with Crippen molar-refractivity contribution in [3.8, 4) is 0 Å². The molecule has 1 fully saturated rings. The highest BCUT2D eigenvalue weighted by molar-refractivity contribution is 6.30. The SMILES string of the molecule is C/C=C1/c2cc(Nc3ccccc3)ccc2C(=O)N1OC(=O)N1CCC(CCc2ccc(Cl)cc2)CC1. The first kappa shape index (κ1) is 24.9. The lowest BCUT2D eigenvalue weighted by atomic mass is 9.91. The van der Waals surface area contributed by atoms with Crippen molar-refractivity contribution in [3.05, 3.63) is 101 Å². The molecule has 0 spiro atoms. The topological polar surface area (TPSA) is 61.9 Å². The first-order chi connectivity index (χ1) is 18.0. The van der Waals surface area contributed by atoms with Crippen LogP contribution in [0.4, 0.5) is 16.2 Å². The third-order valence-corrected chi connectivity index (χ3v) is 7.31. The molecule has 7 heteroatoms. The van der Waals surface area contributed by atoms with Crippen LogP contribution in [0.2, 0.25) is 5.02 Å². The summed E-state index contributed by atoms with van der Waals surface area (Å²) in [5.74, 6) is 0.222. The molecule has 5 rings (SSSR count). The van der Waals surface area contributed by atoms with E-state index in [-0.39, 0.29) is 5.91 Å². The number of fused-ring (bicyclic) bond motifs is 1. The van der Waals surface area contributed by atoms with Gasteiger partial charge in [-0.25, -0.2) is 4.79 Å². The van der Waals surface area contributed by atoms with Gasteiger partial charge in [-0.2, -0.15) is 0 Å². The van der Waals surface area contributed by atoms with E-state index in [0.29, 0.717) is 30.3 Å². The molecule has 1 N–H and O–H groups in total. The third kappa shape index (κ3) is 5.65. The molecule has 2 amide bonds. The van der Waals surface area contributed by atoms with Crippen LogP contribution in [-0.2, 0) is 11.3 Å². The van der Waals surface area contributed by atoms with Crippen LogP contribution in [0.5, 0.6) is 0 Å². The molecule has 0 aromatic heterocycles. The van der Waals surface area contributed by atoms with Gasteiger partial charge in [0, 0.05) is 35.1 Å². The molecule has 0 radical (unpaired) electrons. The van der Waals surface area contributed by atoms with Crippen molar-refractivity contribution in [2.24, 2.45) is 5.92 Å². The summed E-state index contributed by atoms with van der Waals surface area (Å²) >= 11 is 5.98. The van der Waals surface area contributed by atoms with Crippen LogP contribution >= 0.6 is 11.6 Å². The van der Waals surface area contributed by atoms with E-state index in [4.69, 9.17) is 16.4 Å². The summed E-state index contributed by atoms with van der Waals surface area (Å²) in [7, 11) is 0. The van der Waals surface area contributed by atoms with Crippen LogP contribution in [0, 0.1) is 5.92 Å². The number of likely N-dealkylation sites (tertiary alicyclic amines) is 1. The molecule has 190 valence electrons. The quantitative estimate of drug-likeness (QED) is 0.374. The minimum absolute atomic E-state index is 0.333. The molecular weight excluding hydrogens is 486 g/mol. The van der Waals surface area contributed by atoms with Gasteiger partial charge in [-0.1, -0.05) is 48.0 Å². The van der Waals surface area contributed by atoms with Gasteiger partial charge in [0.2, 0.25) is 0 Å². The fourth-order valence-electron chi connectivity index (χ4n) is 4.96. The fraction of sp³-hybridized carbons (Fsp3) is 0.267. The van der Waals surface area contributed by atoms with Crippen molar-refractivity contribution >= 4 is 40.7 Å². The Balaban J connectivity index is 1.18. The zero-order valence-corrected chi connectivity index (χ0v) is 21.6. The van der Waals surface area contributed by atoms with Crippen molar-refractivity contribution < 1.29 is 14.4 Å². The molecule has 2 aliphatic rings. The van der Waals surface area contributed by atoms with E-state index in [1.54, 1.807) is 17.0 Å². The summed E-state index contributed by atoms with van der Waals surface area (Å²) in [6.45, 7) is 3.08. The number of nitrogens with zero attached hydrogens (tertiary/aromatic N) is 2. The summed E-state index contributed by atoms with van der Waals surface area (Å²) in [6, 6.07) is 23.4. The molecule has 0 aliphatic carbocycles. The molecule has 1 saturated heterocycles. The monoisotopic (exact) mass is 515 g/mol. The van der Waals surface area contributed by atoms with Gasteiger partial charge >= 0.3 is 6.09 Å². The second kappa shape index (κ2) is 11.1. The predicted octanol–water partition coefficient (Wildman–Crippen LogP) is 7.30. The second-order valence-corrected chi connectivity index (χ2v) is 9.91. The van der Waals surface area contributed by atoms with Crippen LogP contribution in [0.3, 0.4) is 0 Å². The maximum absolute atomic E-state index is 13.1. The largest absolute Gasteiger partial charge is 0.434 e. The Morgan fingerprint density at radius 3 is 2.43 bits per heavy atom. The number of benzene rings is 3. The number of anilines is 2. The molecule has 37 heavy (non-hydrogen) atoms. The van der Waals surface area contributed by atoms with Crippen LogP contribution in [-0.4, -0.2) is 35.1 Å². The number of piperidine rings is 1. The highest BCUT2D eigenvalue weighted by atomic mass is 35.5. The van der Waals surface area contributed by atoms with Gasteiger partial charge in [0.05, 0.1) is 11.3 Å². The van der Waals surface area contributed by atoms with Crippen LogP contribution < -0.4 is 5.32 Å². The number of carbonyl (C=O) groups is 2. The van der Waals surface area contributed by atoms with E-state index in [1.165, 1.54) is 5.56 Å². The number of amides is 2. The molecule has 0 bridgehead atoms. The molecular formula is C30H30ClN3O3. The van der Waals surface area contributed by atoms with Crippen molar-refractivity contribution in [2.45, 2.75) is 32.6 Å². The first-order valence-corrected chi connectivity index (χ1v) is 13.1. The lowest BCUT2D eigenvalue weighted by molar-refractivity contribution is -0.0431. The number of rotatable bonds is 6. The molecule has 3 aromatic carbocycles. The lowest BCUT2D eigenvalue weighted by Gasteiger charge is -2.32. The minimum Gasteiger partial charge on any atom is -0.356 e. The van der Waals surface area contributed by atoms with E-state index in [0.717, 1.165) is 52.7 Å². The van der Waals surface area contributed by atoms with Crippen LogP contribution in [0.1, 0.15) is 47.7 Å². The number of carbonyl (C=O) groups excluding carboxylic acids is 2. The standard InChI is InChI=1S/C30H30ClN3O3/c1-2-28-27-20-25(32-24-6-4-3-5-7-24)14-15-26(27)29(35)34(28)37-30(36)33-18-16-22(17-19-33)9-8-21-10-12-23(31)13-11-21/h2-7,10-15,20,22,32H,8-9,16-19H2,1H3/b28-2-. The molecule has 6 nitrogen and oxygen atoms in total. The maximum atomic E-state index is 13.1. The number of hydrogen-bond acceptors (Lipinski definition) is 4. The maximum Gasteiger partial charge on any atom is 0.434 e. The molecule has 2 aliphatic heterocycles. The number of para-hydroxylation sites is 1. The van der Waals surface area contributed by atoms with Gasteiger partial charge in [-0.3, -0.25) is 4.79 Å². The average molecular weight is 516 g/mol. The predicted molar refractivity (Wildman–Crippen MR) is 147 cm³/mol. The highest BCUT2D eigenvalue weighted by Crippen LogP contribution is 2.36. The van der Waals surface area contributed by atoms with E-state index in [9.17, 15) is 9.59 Å². The number of halogens is 1. The number of hydrogen-bond donors (Lipinski definition) is 1. The van der Waals surface area contributed by atoms with Gasteiger partial charge in [0.1, 0.15) is 0 Å². The van der Waals surface area contributed by atoms with E-state index in [2.05, 4.69) is 17.4 Å². The Morgan fingerprint density at radius 1 is 1.00 bits per heavy atom. The molecule has 0 saturated carbocycles. The highest BCUT2D eigenvalue weighted by Gasteiger charge is 2.37. The van der Waals surface area contributed by atoms with Crippen LogP contribution in [0.25, 0.3) is 5.70 Å². The van der Waals surface area contributed by atoms with E-state index >= 15 is 0 Å². The molecule has 0 unspecified atom stereocenters. The number of allylic oxidation sites excluding steroid dienone is 1. The minimum atomic E-state index is -0.487. The second-order valence-electron chi connectivity index (χ2n) is 9.48. The number of aryl methyl sites for hydroxylation is 1. The smallest absolute Gasteiger partial charge is 0.356 e. The van der Waals surface area contributed by atoms with E-state index in [1.807, 2.05) is 61.5 Å². The van der Waals surface area contributed by atoms with Crippen LogP contribution in [0.15, 0.2) is 78.9 Å². The van der Waals surface area contributed by atoms with E-state index < -0.39 is 6.09 Å². The average Bonchev–Trinajstić information content (AvgIpc) is 3.19. The summed E-state index contributed by atoms with van der Waals surface area (Å²) in [5, 5.41) is 5.23. The Kier molecular flexibility index (Phi) is 7.47. The summed E-state index contributed by atoms with van der Waals surface area (Å²) in [5.41, 5.74) is 4.91. The Morgan fingerprint density at radius 2 is 1.73 bits per heavy atom. The zero-order chi connectivity index (χ0) is 25.8. The Labute approximate surface area is 222 Å². The zero-order valence-electron chi connectivity index (χ0n) is 20.8. The fourth-order valence-corrected chi connectivity index (χ4v) is 5.09. The third-order valence-electron chi connectivity index (χ3n) is 7.06. The molecule has 0 atom stereocenters. The summed E-state index contributed by atoms with van der Waals surface area (Å²) < 4.78 is 0. The van der Waals surface area contributed by atoms with Gasteiger partial charge in [-0.05, 0) is 86.6 Å². The molecule has 2 heterocycles. The summed E-state index contributed by atoms with van der Waals surface area (Å²) in [4.78, 5) is 33.5. The molecule has 3 aromatic rings. The number of nitrogens with one attached hydrogen (secondary N) is 1. The van der Waals surface area contributed by atoms with Gasteiger partial charge in [0.15, 0.2) is 0 Å². The summed E-state index contributed by atoms with van der Waals surface area (Å²) in [6.07, 6.45) is 5.22.